The van der Waals surface area contributed by atoms with E-state index in [2.05, 4.69) is 38.7 Å². The SMILES string of the molecule is Cn1cc(-c2cc(CNc3ccccc3CN3CCC(CO)CC3)on2)cn1. The van der Waals surface area contributed by atoms with Gasteiger partial charge in [-0.05, 0) is 43.5 Å². The van der Waals surface area contributed by atoms with Crippen molar-refractivity contribution in [2.24, 2.45) is 13.0 Å². The third-order valence-corrected chi connectivity index (χ3v) is 5.39. The number of para-hydroxylation sites is 1. The van der Waals surface area contributed by atoms with Gasteiger partial charge < -0.3 is 14.9 Å². The van der Waals surface area contributed by atoms with E-state index in [-0.39, 0.29) is 0 Å². The van der Waals surface area contributed by atoms with Gasteiger partial charge in [-0.25, -0.2) is 0 Å². The van der Waals surface area contributed by atoms with Crippen LogP contribution in [0.2, 0.25) is 0 Å². The highest BCUT2D eigenvalue weighted by atomic mass is 16.5. The Balaban J connectivity index is 1.37. The Hall–Kier alpha value is -2.64. The lowest BCUT2D eigenvalue weighted by molar-refractivity contribution is 0.127. The van der Waals surface area contributed by atoms with Gasteiger partial charge in [0.25, 0.3) is 0 Å². The summed E-state index contributed by atoms with van der Waals surface area (Å²) < 4.78 is 7.23. The number of aromatic nitrogens is 3. The molecular weight excluding hydrogens is 354 g/mol. The van der Waals surface area contributed by atoms with Crippen molar-refractivity contribution in [1.29, 1.82) is 0 Å². The van der Waals surface area contributed by atoms with Gasteiger partial charge in [-0.15, -0.1) is 0 Å². The molecule has 0 bridgehead atoms. The van der Waals surface area contributed by atoms with Gasteiger partial charge in [0.15, 0.2) is 5.76 Å². The van der Waals surface area contributed by atoms with E-state index in [1.165, 1.54) is 5.56 Å². The Bertz CT molecular complexity index is 896. The van der Waals surface area contributed by atoms with Crippen molar-refractivity contribution in [3.05, 3.63) is 54.0 Å². The molecule has 3 aromatic rings. The van der Waals surface area contributed by atoms with Crippen LogP contribution in [0, 0.1) is 5.92 Å². The van der Waals surface area contributed by atoms with E-state index in [0.29, 0.717) is 19.1 Å². The molecule has 1 aromatic carbocycles. The number of benzene rings is 1. The molecule has 0 aliphatic carbocycles. The lowest BCUT2D eigenvalue weighted by Gasteiger charge is -2.31. The molecule has 3 heterocycles. The largest absolute Gasteiger partial charge is 0.396 e. The van der Waals surface area contributed by atoms with Crippen LogP contribution in [0.3, 0.4) is 0 Å². The van der Waals surface area contributed by atoms with Gasteiger partial charge in [-0.1, -0.05) is 23.4 Å². The number of aryl methyl sites for hydroxylation is 1. The smallest absolute Gasteiger partial charge is 0.156 e. The maximum absolute atomic E-state index is 9.32. The van der Waals surface area contributed by atoms with Gasteiger partial charge >= 0.3 is 0 Å². The standard InChI is InChI=1S/C21H27N5O2/c1-25-13-18(11-23-25)21-10-19(28-24-21)12-22-20-5-3-2-4-17(20)14-26-8-6-16(15-27)7-9-26/h2-5,10-11,13,16,22,27H,6-9,12,14-15H2,1H3. The molecule has 4 rings (SSSR count). The van der Waals surface area contributed by atoms with Gasteiger partial charge in [-0.3, -0.25) is 9.58 Å². The molecule has 1 aliphatic rings. The second kappa shape index (κ2) is 8.58. The minimum Gasteiger partial charge on any atom is -0.396 e. The van der Waals surface area contributed by atoms with E-state index in [9.17, 15) is 5.11 Å². The van der Waals surface area contributed by atoms with E-state index in [1.807, 2.05) is 25.4 Å². The average Bonchev–Trinajstić information content (AvgIpc) is 3.37. The summed E-state index contributed by atoms with van der Waals surface area (Å²) in [6, 6.07) is 10.4. The van der Waals surface area contributed by atoms with Crippen LogP contribution in [-0.2, 0) is 20.1 Å². The summed E-state index contributed by atoms with van der Waals surface area (Å²) in [6.45, 7) is 3.88. The van der Waals surface area contributed by atoms with Crippen molar-refractivity contribution in [1.82, 2.24) is 19.8 Å². The van der Waals surface area contributed by atoms with Gasteiger partial charge in [0.2, 0.25) is 0 Å². The first-order chi connectivity index (χ1) is 13.7. The zero-order valence-electron chi connectivity index (χ0n) is 16.2. The third kappa shape index (κ3) is 4.43. The van der Waals surface area contributed by atoms with Crippen LogP contribution in [0.4, 0.5) is 5.69 Å². The highest BCUT2D eigenvalue weighted by molar-refractivity contribution is 5.57. The van der Waals surface area contributed by atoms with Crippen LogP contribution in [0.5, 0.6) is 0 Å². The van der Waals surface area contributed by atoms with Crippen LogP contribution in [0.25, 0.3) is 11.3 Å². The molecule has 0 saturated carbocycles. The Morgan fingerprint density at radius 1 is 1.25 bits per heavy atom. The fourth-order valence-electron chi connectivity index (χ4n) is 3.67. The minimum atomic E-state index is 0.310. The molecule has 1 saturated heterocycles. The number of nitrogens with one attached hydrogen (secondary N) is 1. The van der Waals surface area contributed by atoms with Gasteiger partial charge in [0.05, 0.1) is 12.7 Å². The minimum absolute atomic E-state index is 0.310. The molecule has 2 N–H and O–H groups in total. The van der Waals surface area contributed by atoms with E-state index in [1.54, 1.807) is 10.9 Å². The molecule has 1 fully saturated rings. The third-order valence-electron chi connectivity index (χ3n) is 5.39. The zero-order valence-corrected chi connectivity index (χ0v) is 16.2. The summed E-state index contributed by atoms with van der Waals surface area (Å²) in [7, 11) is 1.88. The van der Waals surface area contributed by atoms with Crippen LogP contribution in [0.1, 0.15) is 24.2 Å². The van der Waals surface area contributed by atoms with Gasteiger partial charge in [0, 0.05) is 43.7 Å². The first kappa shape index (κ1) is 18.7. The number of hydrogen-bond donors (Lipinski definition) is 2. The van der Waals surface area contributed by atoms with Crippen LogP contribution < -0.4 is 5.32 Å². The Morgan fingerprint density at radius 2 is 2.07 bits per heavy atom. The molecule has 28 heavy (non-hydrogen) atoms. The normalized spacial score (nSPS) is 15.8. The Morgan fingerprint density at radius 3 is 2.82 bits per heavy atom. The van der Waals surface area contributed by atoms with Crippen molar-refractivity contribution in [3.63, 3.8) is 0 Å². The van der Waals surface area contributed by atoms with Crippen LogP contribution in [-0.4, -0.2) is 44.6 Å². The highest BCUT2D eigenvalue weighted by Gasteiger charge is 2.19. The average molecular weight is 381 g/mol. The molecule has 0 amide bonds. The van der Waals surface area contributed by atoms with E-state index >= 15 is 0 Å². The van der Waals surface area contributed by atoms with Crippen LogP contribution in [0.15, 0.2) is 47.2 Å². The van der Waals surface area contributed by atoms with Crippen molar-refractivity contribution < 1.29 is 9.63 Å². The second-order valence-electron chi connectivity index (χ2n) is 7.49. The zero-order chi connectivity index (χ0) is 19.3. The molecule has 148 valence electrons. The Labute approximate surface area is 165 Å². The number of nitrogens with zero attached hydrogens (tertiary/aromatic N) is 4. The number of hydrogen-bond acceptors (Lipinski definition) is 6. The maximum atomic E-state index is 9.32. The summed E-state index contributed by atoms with van der Waals surface area (Å²) in [5.74, 6) is 1.25. The molecule has 7 nitrogen and oxygen atoms in total. The summed E-state index contributed by atoms with van der Waals surface area (Å²) in [5.41, 5.74) is 4.14. The predicted octanol–water partition coefficient (Wildman–Crippen LogP) is 2.89. The lowest BCUT2D eigenvalue weighted by Crippen LogP contribution is -2.34. The fourth-order valence-corrected chi connectivity index (χ4v) is 3.67. The monoisotopic (exact) mass is 381 g/mol. The Kier molecular flexibility index (Phi) is 5.73. The van der Waals surface area contributed by atoms with E-state index in [4.69, 9.17) is 4.52 Å². The first-order valence-electron chi connectivity index (χ1n) is 9.81. The van der Waals surface area contributed by atoms with Crippen molar-refractivity contribution in [2.75, 3.05) is 25.0 Å². The second-order valence-corrected chi connectivity index (χ2v) is 7.49. The molecule has 1 aliphatic heterocycles. The maximum Gasteiger partial charge on any atom is 0.156 e. The molecule has 0 spiro atoms. The van der Waals surface area contributed by atoms with Crippen molar-refractivity contribution >= 4 is 5.69 Å². The van der Waals surface area contributed by atoms with E-state index < -0.39 is 0 Å². The van der Waals surface area contributed by atoms with Gasteiger partial charge in [0.1, 0.15) is 5.69 Å². The number of aliphatic hydroxyl groups excluding tert-OH is 1. The summed E-state index contributed by atoms with van der Waals surface area (Å²) >= 11 is 0. The number of rotatable bonds is 7. The topological polar surface area (TPSA) is 79.4 Å². The lowest BCUT2D eigenvalue weighted by atomic mass is 9.97. The predicted molar refractivity (Wildman–Crippen MR) is 108 cm³/mol. The molecule has 0 radical (unpaired) electrons. The molecule has 0 unspecified atom stereocenters. The first-order valence-corrected chi connectivity index (χ1v) is 9.81. The number of likely N-dealkylation sites (tertiary alicyclic amines) is 1. The number of piperidine rings is 1. The number of aliphatic hydroxyl groups is 1. The van der Waals surface area contributed by atoms with Crippen molar-refractivity contribution in [2.45, 2.75) is 25.9 Å². The number of anilines is 1. The summed E-state index contributed by atoms with van der Waals surface area (Å²) in [5, 5.41) is 21.1. The summed E-state index contributed by atoms with van der Waals surface area (Å²) in [6.07, 6.45) is 5.84. The van der Waals surface area contributed by atoms with Gasteiger partial charge in [-0.2, -0.15) is 5.10 Å². The molecule has 2 aromatic heterocycles. The van der Waals surface area contributed by atoms with Crippen LogP contribution >= 0.6 is 0 Å². The quantitative estimate of drug-likeness (QED) is 0.655. The molecule has 7 heteroatoms. The molecule has 0 atom stereocenters. The van der Waals surface area contributed by atoms with E-state index in [0.717, 1.165) is 55.2 Å². The fraction of sp³-hybridized carbons (Fsp3) is 0.429. The highest BCUT2D eigenvalue weighted by Crippen LogP contribution is 2.23. The summed E-state index contributed by atoms with van der Waals surface area (Å²) in [4.78, 5) is 2.46. The molecular formula is C21H27N5O2. The van der Waals surface area contributed by atoms with Crippen molar-refractivity contribution in [3.8, 4) is 11.3 Å².